The summed E-state index contributed by atoms with van der Waals surface area (Å²) in [6, 6.07) is 13.5. The molecular weight excluding hydrogens is 418 g/mol. The van der Waals surface area contributed by atoms with Crippen LogP contribution in [0.4, 0.5) is 16.5 Å². The van der Waals surface area contributed by atoms with Crippen LogP contribution in [-0.2, 0) is 14.8 Å². The highest BCUT2D eigenvalue weighted by molar-refractivity contribution is 8.01. The maximum atomic E-state index is 12.1. The summed E-state index contributed by atoms with van der Waals surface area (Å²) in [6.07, 6.45) is 0. The standard InChI is InChI=1S/C17H17N5O3S3/c1-11-3-2-4-13(9-11)20-16-21-22-17(27-16)26-10-15(23)19-12-5-7-14(8-6-12)28(18,24)25/h2-9H,10H2,1H3,(H,19,23)(H,20,21)(H2,18,24,25). The molecule has 146 valence electrons. The Labute approximate surface area is 170 Å². The Hall–Kier alpha value is -2.47. The molecule has 11 heteroatoms. The van der Waals surface area contributed by atoms with Gasteiger partial charge < -0.3 is 10.6 Å². The van der Waals surface area contributed by atoms with E-state index < -0.39 is 10.0 Å². The van der Waals surface area contributed by atoms with Gasteiger partial charge in [0.25, 0.3) is 0 Å². The zero-order valence-corrected chi connectivity index (χ0v) is 17.2. The van der Waals surface area contributed by atoms with Crippen molar-refractivity contribution in [3.63, 3.8) is 0 Å². The lowest BCUT2D eigenvalue weighted by atomic mass is 10.2. The van der Waals surface area contributed by atoms with Crippen molar-refractivity contribution in [3.8, 4) is 0 Å². The van der Waals surface area contributed by atoms with Crippen LogP contribution in [0.1, 0.15) is 5.56 Å². The van der Waals surface area contributed by atoms with E-state index in [-0.39, 0.29) is 16.6 Å². The fraction of sp³-hybridized carbons (Fsp3) is 0.118. The van der Waals surface area contributed by atoms with E-state index in [1.807, 2.05) is 31.2 Å². The molecule has 0 aliphatic carbocycles. The molecule has 1 amide bonds. The van der Waals surface area contributed by atoms with Gasteiger partial charge in [0.2, 0.25) is 21.1 Å². The molecular formula is C17H17N5O3S3. The van der Waals surface area contributed by atoms with Crippen molar-refractivity contribution in [1.29, 1.82) is 0 Å². The van der Waals surface area contributed by atoms with Crippen LogP contribution in [0.25, 0.3) is 0 Å². The predicted octanol–water partition coefficient (Wildman–Crippen LogP) is 2.97. The minimum absolute atomic E-state index is 0.0117. The molecule has 4 N–H and O–H groups in total. The van der Waals surface area contributed by atoms with Gasteiger partial charge in [0.15, 0.2) is 4.34 Å². The number of nitrogens with zero attached hydrogens (tertiary/aromatic N) is 2. The highest BCUT2D eigenvalue weighted by Crippen LogP contribution is 2.28. The molecule has 0 radical (unpaired) electrons. The van der Waals surface area contributed by atoms with Crippen LogP contribution in [0, 0.1) is 6.92 Å². The van der Waals surface area contributed by atoms with Gasteiger partial charge in [-0.2, -0.15) is 0 Å². The number of anilines is 3. The quantitative estimate of drug-likeness (QED) is 0.487. The second-order valence-electron chi connectivity index (χ2n) is 5.77. The maximum Gasteiger partial charge on any atom is 0.238 e. The fourth-order valence-electron chi connectivity index (χ4n) is 2.22. The molecule has 0 saturated carbocycles. The van der Waals surface area contributed by atoms with Crippen LogP contribution < -0.4 is 15.8 Å². The zero-order chi connectivity index (χ0) is 20.1. The summed E-state index contributed by atoms with van der Waals surface area (Å²) >= 11 is 2.62. The molecule has 3 rings (SSSR count). The number of aromatic nitrogens is 2. The van der Waals surface area contributed by atoms with Gasteiger partial charge in [0, 0.05) is 11.4 Å². The molecule has 0 saturated heterocycles. The predicted molar refractivity (Wildman–Crippen MR) is 112 cm³/mol. The number of sulfonamides is 1. The molecule has 0 bridgehead atoms. The third kappa shape index (κ3) is 5.76. The summed E-state index contributed by atoms with van der Waals surface area (Å²) in [7, 11) is -3.75. The number of carbonyl (C=O) groups is 1. The average Bonchev–Trinajstić information content (AvgIpc) is 3.07. The molecule has 0 atom stereocenters. The van der Waals surface area contributed by atoms with Crippen molar-refractivity contribution < 1.29 is 13.2 Å². The van der Waals surface area contributed by atoms with E-state index in [9.17, 15) is 13.2 Å². The Morgan fingerprint density at radius 2 is 1.89 bits per heavy atom. The van der Waals surface area contributed by atoms with E-state index in [2.05, 4.69) is 20.8 Å². The monoisotopic (exact) mass is 435 g/mol. The number of nitrogens with one attached hydrogen (secondary N) is 2. The molecule has 1 aromatic heterocycles. The molecule has 28 heavy (non-hydrogen) atoms. The number of nitrogens with two attached hydrogens (primary N) is 1. The lowest BCUT2D eigenvalue weighted by molar-refractivity contribution is -0.113. The summed E-state index contributed by atoms with van der Waals surface area (Å²) in [5.74, 6) is -0.0903. The summed E-state index contributed by atoms with van der Waals surface area (Å²) in [4.78, 5) is 12.1. The first-order valence-corrected chi connectivity index (χ1v) is 11.4. The van der Waals surface area contributed by atoms with Gasteiger partial charge in [-0.3, -0.25) is 4.79 Å². The highest BCUT2D eigenvalue weighted by Gasteiger charge is 2.10. The van der Waals surface area contributed by atoms with Crippen LogP contribution >= 0.6 is 23.1 Å². The summed E-state index contributed by atoms with van der Waals surface area (Å²) in [5, 5.41) is 19.7. The Balaban J connectivity index is 1.51. The minimum atomic E-state index is -3.75. The Morgan fingerprint density at radius 1 is 1.14 bits per heavy atom. The zero-order valence-electron chi connectivity index (χ0n) is 14.7. The van der Waals surface area contributed by atoms with Gasteiger partial charge in [-0.1, -0.05) is 35.2 Å². The van der Waals surface area contributed by atoms with Crippen LogP contribution in [-0.4, -0.2) is 30.3 Å². The van der Waals surface area contributed by atoms with Gasteiger partial charge in [0.1, 0.15) is 0 Å². The van der Waals surface area contributed by atoms with Gasteiger partial charge in [-0.05, 0) is 48.9 Å². The molecule has 3 aromatic rings. The van der Waals surface area contributed by atoms with Gasteiger partial charge >= 0.3 is 0 Å². The van der Waals surface area contributed by atoms with Crippen molar-refractivity contribution in [3.05, 3.63) is 54.1 Å². The van der Waals surface area contributed by atoms with Crippen molar-refractivity contribution in [2.24, 2.45) is 5.14 Å². The summed E-state index contributed by atoms with van der Waals surface area (Å²) < 4.78 is 23.1. The molecule has 2 aromatic carbocycles. The van der Waals surface area contributed by atoms with Gasteiger partial charge in [0.05, 0.1) is 10.6 Å². The van der Waals surface area contributed by atoms with Crippen LogP contribution in [0.3, 0.4) is 0 Å². The third-order valence-electron chi connectivity index (χ3n) is 3.47. The average molecular weight is 436 g/mol. The normalized spacial score (nSPS) is 11.2. The molecule has 0 fully saturated rings. The summed E-state index contributed by atoms with van der Waals surface area (Å²) in [5.41, 5.74) is 2.54. The molecule has 0 aliphatic rings. The number of aryl methyl sites for hydroxylation is 1. The number of thioether (sulfide) groups is 1. The number of primary sulfonamides is 1. The number of carbonyl (C=O) groups excluding carboxylic acids is 1. The fourth-order valence-corrected chi connectivity index (χ4v) is 4.30. The maximum absolute atomic E-state index is 12.1. The van der Waals surface area contributed by atoms with Gasteiger partial charge in [-0.15, -0.1) is 10.2 Å². The smallest absolute Gasteiger partial charge is 0.238 e. The van der Waals surface area contributed by atoms with Crippen molar-refractivity contribution in [2.75, 3.05) is 16.4 Å². The topological polar surface area (TPSA) is 127 Å². The van der Waals surface area contributed by atoms with E-state index >= 15 is 0 Å². The van der Waals surface area contributed by atoms with E-state index in [4.69, 9.17) is 5.14 Å². The number of hydrogen-bond donors (Lipinski definition) is 3. The minimum Gasteiger partial charge on any atom is -0.330 e. The second-order valence-corrected chi connectivity index (χ2v) is 9.54. The van der Waals surface area contributed by atoms with Crippen molar-refractivity contribution >= 4 is 55.5 Å². The number of hydrogen-bond acceptors (Lipinski definition) is 8. The van der Waals surface area contributed by atoms with E-state index in [1.165, 1.54) is 47.4 Å². The Kier molecular flexibility index (Phi) is 6.29. The highest BCUT2D eigenvalue weighted by atomic mass is 32.2. The number of benzene rings is 2. The summed E-state index contributed by atoms with van der Waals surface area (Å²) in [6.45, 7) is 2.01. The van der Waals surface area contributed by atoms with E-state index in [0.29, 0.717) is 15.2 Å². The third-order valence-corrected chi connectivity index (χ3v) is 6.37. The van der Waals surface area contributed by atoms with Gasteiger partial charge in [-0.25, -0.2) is 13.6 Å². The number of rotatable bonds is 7. The second kappa shape index (κ2) is 8.69. The lowest BCUT2D eigenvalue weighted by Gasteiger charge is -2.05. The van der Waals surface area contributed by atoms with Crippen LogP contribution in [0.2, 0.25) is 0 Å². The first-order chi connectivity index (χ1) is 13.3. The molecule has 0 unspecified atom stereocenters. The lowest BCUT2D eigenvalue weighted by Crippen LogP contribution is -2.15. The largest absolute Gasteiger partial charge is 0.330 e. The Morgan fingerprint density at radius 3 is 2.57 bits per heavy atom. The molecule has 8 nitrogen and oxygen atoms in total. The van der Waals surface area contributed by atoms with Crippen LogP contribution in [0.15, 0.2) is 57.8 Å². The molecule has 0 aliphatic heterocycles. The Bertz CT molecular complexity index is 1080. The van der Waals surface area contributed by atoms with Crippen molar-refractivity contribution in [2.45, 2.75) is 16.2 Å². The van der Waals surface area contributed by atoms with E-state index in [1.54, 1.807) is 0 Å². The number of amides is 1. The molecule has 1 heterocycles. The van der Waals surface area contributed by atoms with Crippen LogP contribution in [0.5, 0.6) is 0 Å². The van der Waals surface area contributed by atoms with Crippen molar-refractivity contribution in [1.82, 2.24) is 10.2 Å². The first kappa shape index (κ1) is 20.3. The SMILES string of the molecule is Cc1cccc(Nc2nnc(SCC(=O)Nc3ccc(S(N)(=O)=O)cc3)s2)c1. The van der Waals surface area contributed by atoms with E-state index in [0.717, 1.165) is 11.3 Å². The first-order valence-electron chi connectivity index (χ1n) is 8.02. The molecule has 0 spiro atoms.